The Morgan fingerprint density at radius 1 is 1.03 bits per heavy atom. The van der Waals surface area contributed by atoms with Crippen molar-refractivity contribution >= 4 is 35.0 Å². The van der Waals surface area contributed by atoms with E-state index in [-0.39, 0.29) is 17.9 Å². The van der Waals surface area contributed by atoms with Crippen molar-refractivity contribution in [2.75, 3.05) is 6.61 Å². The molecule has 0 bridgehead atoms. The van der Waals surface area contributed by atoms with E-state index in [9.17, 15) is 9.59 Å². The Labute approximate surface area is 206 Å². The average Bonchev–Trinajstić information content (AvgIpc) is 3.32. The molecule has 2 amide bonds. The molecule has 178 valence electrons. The van der Waals surface area contributed by atoms with Crippen molar-refractivity contribution in [1.82, 2.24) is 10.2 Å². The summed E-state index contributed by atoms with van der Waals surface area (Å²) in [7, 11) is 0. The predicted molar refractivity (Wildman–Crippen MR) is 133 cm³/mol. The summed E-state index contributed by atoms with van der Waals surface area (Å²) in [6.45, 7) is 2.72. The van der Waals surface area contributed by atoms with Gasteiger partial charge in [0.15, 0.2) is 0 Å². The number of hydrogen-bond donors (Lipinski definition) is 1. The van der Waals surface area contributed by atoms with E-state index in [1.807, 2.05) is 19.1 Å². The summed E-state index contributed by atoms with van der Waals surface area (Å²) >= 11 is 11.9. The van der Waals surface area contributed by atoms with Crippen molar-refractivity contribution in [2.45, 2.75) is 70.5 Å². The van der Waals surface area contributed by atoms with Crippen LogP contribution in [0.5, 0.6) is 5.75 Å². The fraction of sp³-hybridized carbons (Fsp3) is 0.462. The molecular formula is C26H32Cl2N2O3. The van der Waals surface area contributed by atoms with E-state index in [0.29, 0.717) is 48.2 Å². The van der Waals surface area contributed by atoms with E-state index < -0.39 is 6.04 Å². The molecule has 1 fully saturated rings. The lowest BCUT2D eigenvalue weighted by Crippen LogP contribution is -2.50. The topological polar surface area (TPSA) is 58.6 Å². The summed E-state index contributed by atoms with van der Waals surface area (Å²) in [6, 6.07) is 14.3. The Balaban J connectivity index is 1.63. The summed E-state index contributed by atoms with van der Waals surface area (Å²) < 4.78 is 5.72. The van der Waals surface area contributed by atoms with Crippen LogP contribution in [0.15, 0.2) is 48.5 Å². The van der Waals surface area contributed by atoms with Gasteiger partial charge in [0.2, 0.25) is 11.8 Å². The van der Waals surface area contributed by atoms with Gasteiger partial charge in [0, 0.05) is 29.1 Å². The SMILES string of the molecule is CCC(C(=O)NC1CCCC1)N(Cc1ccc(Cl)cc1)C(=O)CCCOc1ccc(Cl)cc1. The number of ether oxygens (including phenoxy) is 1. The van der Waals surface area contributed by atoms with Crippen LogP contribution in [0.25, 0.3) is 0 Å². The lowest BCUT2D eigenvalue weighted by Gasteiger charge is -2.31. The Morgan fingerprint density at radius 3 is 2.24 bits per heavy atom. The van der Waals surface area contributed by atoms with Crippen LogP contribution in [0.3, 0.4) is 0 Å². The zero-order chi connectivity index (χ0) is 23.6. The molecule has 0 spiro atoms. The summed E-state index contributed by atoms with van der Waals surface area (Å²) in [5.74, 6) is 0.592. The van der Waals surface area contributed by atoms with Gasteiger partial charge in [-0.1, -0.05) is 55.1 Å². The van der Waals surface area contributed by atoms with Crippen LogP contribution in [0, 0.1) is 0 Å². The second kappa shape index (κ2) is 12.9. The third kappa shape index (κ3) is 7.94. The van der Waals surface area contributed by atoms with Crippen LogP contribution in [0.4, 0.5) is 0 Å². The standard InChI is InChI=1S/C26H32Cl2N2O3/c1-2-24(26(32)29-22-6-3-4-7-22)30(18-19-9-11-20(27)12-10-19)25(31)8-5-17-33-23-15-13-21(28)14-16-23/h9-16,22,24H,2-8,17-18H2,1H3,(H,29,32). The summed E-state index contributed by atoms with van der Waals surface area (Å²) in [4.78, 5) is 28.1. The molecule has 1 unspecified atom stereocenters. The molecule has 0 aromatic heterocycles. The Hall–Kier alpha value is -2.24. The van der Waals surface area contributed by atoms with Gasteiger partial charge in [0.1, 0.15) is 11.8 Å². The molecule has 0 radical (unpaired) electrons. The predicted octanol–water partition coefficient (Wildman–Crippen LogP) is 6.02. The minimum Gasteiger partial charge on any atom is -0.494 e. The number of nitrogens with one attached hydrogen (secondary N) is 1. The number of carbonyl (C=O) groups is 2. The normalized spacial score (nSPS) is 14.6. The van der Waals surface area contributed by atoms with Crippen LogP contribution >= 0.6 is 23.2 Å². The second-order valence-electron chi connectivity index (χ2n) is 8.47. The lowest BCUT2D eigenvalue weighted by atomic mass is 10.1. The molecule has 0 saturated heterocycles. The molecule has 0 heterocycles. The molecule has 1 saturated carbocycles. The number of amides is 2. The second-order valence-corrected chi connectivity index (χ2v) is 9.34. The van der Waals surface area contributed by atoms with Gasteiger partial charge < -0.3 is 15.0 Å². The quantitative estimate of drug-likeness (QED) is 0.391. The average molecular weight is 491 g/mol. The van der Waals surface area contributed by atoms with Crippen molar-refractivity contribution in [2.24, 2.45) is 0 Å². The minimum atomic E-state index is -0.508. The van der Waals surface area contributed by atoms with Gasteiger partial charge in [0.25, 0.3) is 0 Å². The van der Waals surface area contributed by atoms with E-state index in [1.165, 1.54) is 0 Å². The largest absolute Gasteiger partial charge is 0.494 e. The zero-order valence-electron chi connectivity index (χ0n) is 19.1. The molecule has 2 aromatic rings. The summed E-state index contributed by atoms with van der Waals surface area (Å²) in [6.07, 6.45) is 5.71. The Kier molecular flexibility index (Phi) is 9.89. The highest BCUT2D eigenvalue weighted by Gasteiger charge is 2.30. The molecule has 0 aliphatic heterocycles. The number of benzene rings is 2. The van der Waals surface area contributed by atoms with Crippen molar-refractivity contribution in [3.05, 3.63) is 64.1 Å². The minimum absolute atomic E-state index is 0.0573. The van der Waals surface area contributed by atoms with Crippen LogP contribution in [-0.4, -0.2) is 35.4 Å². The van der Waals surface area contributed by atoms with Gasteiger partial charge in [0.05, 0.1) is 6.61 Å². The van der Waals surface area contributed by atoms with Crippen LogP contribution < -0.4 is 10.1 Å². The Morgan fingerprint density at radius 2 is 1.64 bits per heavy atom. The first-order chi connectivity index (χ1) is 16.0. The molecule has 7 heteroatoms. The highest BCUT2D eigenvalue weighted by atomic mass is 35.5. The first-order valence-corrected chi connectivity index (χ1v) is 12.4. The number of carbonyl (C=O) groups excluding carboxylic acids is 2. The van der Waals surface area contributed by atoms with E-state index >= 15 is 0 Å². The third-order valence-corrected chi connectivity index (χ3v) is 6.47. The smallest absolute Gasteiger partial charge is 0.243 e. The fourth-order valence-corrected chi connectivity index (χ4v) is 4.41. The molecular weight excluding hydrogens is 459 g/mol. The molecule has 1 atom stereocenters. The summed E-state index contributed by atoms with van der Waals surface area (Å²) in [5.41, 5.74) is 0.942. The zero-order valence-corrected chi connectivity index (χ0v) is 20.6. The van der Waals surface area contributed by atoms with Gasteiger partial charge in [-0.25, -0.2) is 0 Å². The first-order valence-electron chi connectivity index (χ1n) is 11.7. The lowest BCUT2D eigenvalue weighted by molar-refractivity contribution is -0.141. The van der Waals surface area contributed by atoms with E-state index in [4.69, 9.17) is 27.9 Å². The molecule has 1 aliphatic rings. The van der Waals surface area contributed by atoms with E-state index in [2.05, 4.69) is 5.32 Å². The highest BCUT2D eigenvalue weighted by Crippen LogP contribution is 2.21. The van der Waals surface area contributed by atoms with E-state index in [1.54, 1.807) is 41.3 Å². The van der Waals surface area contributed by atoms with Gasteiger partial charge in [-0.3, -0.25) is 9.59 Å². The van der Waals surface area contributed by atoms with Crippen LogP contribution in [-0.2, 0) is 16.1 Å². The van der Waals surface area contributed by atoms with Crippen molar-refractivity contribution in [3.8, 4) is 5.75 Å². The molecule has 2 aromatic carbocycles. The van der Waals surface area contributed by atoms with Gasteiger partial charge >= 0.3 is 0 Å². The van der Waals surface area contributed by atoms with E-state index in [0.717, 1.165) is 31.2 Å². The molecule has 1 N–H and O–H groups in total. The number of rotatable bonds is 11. The third-order valence-electron chi connectivity index (χ3n) is 5.97. The van der Waals surface area contributed by atoms with Crippen LogP contribution in [0.1, 0.15) is 57.4 Å². The van der Waals surface area contributed by atoms with Crippen molar-refractivity contribution in [3.63, 3.8) is 0 Å². The van der Waals surface area contributed by atoms with Crippen LogP contribution in [0.2, 0.25) is 10.0 Å². The monoisotopic (exact) mass is 490 g/mol. The Bertz CT molecular complexity index is 897. The van der Waals surface area contributed by atoms with Crippen molar-refractivity contribution in [1.29, 1.82) is 0 Å². The maximum Gasteiger partial charge on any atom is 0.243 e. The summed E-state index contributed by atoms with van der Waals surface area (Å²) in [5, 5.41) is 4.45. The maximum atomic E-state index is 13.3. The highest BCUT2D eigenvalue weighted by molar-refractivity contribution is 6.30. The maximum absolute atomic E-state index is 13.3. The number of halogens is 2. The molecule has 33 heavy (non-hydrogen) atoms. The molecule has 3 rings (SSSR count). The van der Waals surface area contributed by atoms with Crippen molar-refractivity contribution < 1.29 is 14.3 Å². The van der Waals surface area contributed by atoms with Gasteiger partial charge in [-0.2, -0.15) is 0 Å². The molecule has 5 nitrogen and oxygen atoms in total. The molecule has 1 aliphatic carbocycles. The van der Waals surface area contributed by atoms with Gasteiger partial charge in [-0.15, -0.1) is 0 Å². The first kappa shape index (κ1) is 25.4. The fourth-order valence-electron chi connectivity index (χ4n) is 4.16. The number of hydrogen-bond acceptors (Lipinski definition) is 3. The number of nitrogens with zero attached hydrogens (tertiary/aromatic N) is 1. The van der Waals surface area contributed by atoms with Gasteiger partial charge in [-0.05, 0) is 67.6 Å².